The van der Waals surface area contributed by atoms with Gasteiger partial charge in [0.05, 0.1) is 6.61 Å². The number of likely N-dealkylation sites (tertiary alicyclic amines) is 1. The Balaban J connectivity index is 1.85. The summed E-state index contributed by atoms with van der Waals surface area (Å²) in [6.07, 6.45) is 2.12. The lowest BCUT2D eigenvalue weighted by molar-refractivity contribution is -0.123. The van der Waals surface area contributed by atoms with Gasteiger partial charge in [-0.2, -0.15) is 0 Å². The Kier molecular flexibility index (Phi) is 6.92. The van der Waals surface area contributed by atoms with E-state index in [-0.39, 0.29) is 24.1 Å². The van der Waals surface area contributed by atoms with Gasteiger partial charge in [0, 0.05) is 37.7 Å². The van der Waals surface area contributed by atoms with E-state index in [4.69, 9.17) is 4.74 Å². The zero-order chi connectivity index (χ0) is 16.7. The number of rotatable bonds is 7. The fourth-order valence-electron chi connectivity index (χ4n) is 2.83. The van der Waals surface area contributed by atoms with E-state index in [2.05, 4.69) is 5.32 Å². The number of hydrogen-bond donors (Lipinski definition) is 1. The van der Waals surface area contributed by atoms with E-state index in [1.807, 2.05) is 11.8 Å². The maximum atomic E-state index is 13.7. The Morgan fingerprint density at radius 1 is 1.39 bits per heavy atom. The summed E-state index contributed by atoms with van der Waals surface area (Å²) in [5.41, 5.74) is 0.0934. The van der Waals surface area contributed by atoms with Crippen LogP contribution >= 0.6 is 0 Å². The molecule has 0 aromatic heterocycles. The minimum Gasteiger partial charge on any atom is -0.381 e. The number of benzene rings is 1. The average molecular weight is 326 g/mol. The van der Waals surface area contributed by atoms with Crippen molar-refractivity contribution >= 4 is 5.91 Å². The van der Waals surface area contributed by atoms with E-state index in [1.165, 1.54) is 18.2 Å². The van der Waals surface area contributed by atoms with Crippen LogP contribution in [0, 0.1) is 11.6 Å². The molecule has 1 saturated heterocycles. The smallest absolute Gasteiger partial charge is 0.222 e. The van der Waals surface area contributed by atoms with Gasteiger partial charge in [0.1, 0.15) is 11.6 Å². The monoisotopic (exact) mass is 326 g/mol. The first-order chi connectivity index (χ1) is 11.1. The summed E-state index contributed by atoms with van der Waals surface area (Å²) in [6, 6.07) is 3.93. The molecular weight excluding hydrogens is 302 g/mol. The van der Waals surface area contributed by atoms with Gasteiger partial charge in [-0.15, -0.1) is 0 Å². The second-order valence-corrected chi connectivity index (χ2v) is 5.79. The van der Waals surface area contributed by atoms with Crippen LogP contribution in [0.1, 0.15) is 31.7 Å². The second-order valence-electron chi connectivity index (χ2n) is 5.79. The minimum atomic E-state index is -0.520. The first kappa shape index (κ1) is 17.8. The summed E-state index contributed by atoms with van der Waals surface area (Å²) in [6.45, 7) is 4.51. The van der Waals surface area contributed by atoms with Gasteiger partial charge >= 0.3 is 0 Å². The summed E-state index contributed by atoms with van der Waals surface area (Å²) in [5.74, 6) is -1.08. The first-order valence-corrected chi connectivity index (χ1v) is 8.12. The summed E-state index contributed by atoms with van der Waals surface area (Å²) in [5, 5.41) is 2.97. The lowest BCUT2D eigenvalue weighted by atomic mass is 10.0. The lowest BCUT2D eigenvalue weighted by Crippen LogP contribution is -2.47. The molecule has 1 aliphatic rings. The van der Waals surface area contributed by atoms with Gasteiger partial charge in [-0.1, -0.05) is 6.07 Å². The van der Waals surface area contributed by atoms with Crippen molar-refractivity contribution in [3.05, 3.63) is 35.4 Å². The highest BCUT2D eigenvalue weighted by Crippen LogP contribution is 2.18. The highest BCUT2D eigenvalue weighted by Gasteiger charge is 2.23. The number of carbonyl (C=O) groups excluding carboxylic acids is 1. The number of nitrogens with zero attached hydrogens (tertiary/aromatic N) is 1. The molecule has 1 heterocycles. The average Bonchev–Trinajstić information content (AvgIpc) is 2.52. The van der Waals surface area contributed by atoms with Crippen LogP contribution in [0.5, 0.6) is 0 Å². The van der Waals surface area contributed by atoms with Crippen molar-refractivity contribution in [3.8, 4) is 0 Å². The molecular formula is C17H24F2N2O2. The molecule has 23 heavy (non-hydrogen) atoms. The second kappa shape index (κ2) is 8.93. The van der Waals surface area contributed by atoms with E-state index in [0.29, 0.717) is 26.2 Å². The standard InChI is InChI=1S/C17H24F2N2O2/c1-2-23-10-8-17(22)20-13-5-4-9-21(11-13)12-14-15(18)6-3-7-16(14)19/h3,6-7,13H,2,4-5,8-12H2,1H3,(H,20,22)/t13-/m0/s1. The normalized spacial score (nSPS) is 18.8. The van der Waals surface area contributed by atoms with Gasteiger partial charge in [-0.25, -0.2) is 8.78 Å². The van der Waals surface area contributed by atoms with Crippen LogP contribution in [0.15, 0.2) is 18.2 Å². The third-order valence-electron chi connectivity index (χ3n) is 3.99. The molecule has 0 saturated carbocycles. The predicted octanol–water partition coefficient (Wildman–Crippen LogP) is 2.47. The van der Waals surface area contributed by atoms with Crippen LogP contribution in [-0.2, 0) is 16.1 Å². The molecule has 1 aromatic rings. The van der Waals surface area contributed by atoms with Crippen LogP contribution in [0.4, 0.5) is 8.78 Å². The maximum Gasteiger partial charge on any atom is 0.222 e. The SMILES string of the molecule is CCOCCC(=O)N[C@H]1CCCN(Cc2c(F)cccc2F)C1. The molecule has 1 fully saturated rings. The number of nitrogens with one attached hydrogen (secondary N) is 1. The highest BCUT2D eigenvalue weighted by molar-refractivity contribution is 5.76. The summed E-state index contributed by atoms with van der Waals surface area (Å²) >= 11 is 0. The molecule has 0 spiro atoms. The van der Waals surface area contributed by atoms with Gasteiger partial charge in [-0.3, -0.25) is 9.69 Å². The zero-order valence-corrected chi connectivity index (χ0v) is 13.5. The van der Waals surface area contributed by atoms with Crippen molar-refractivity contribution in [2.45, 2.75) is 38.8 Å². The van der Waals surface area contributed by atoms with Gasteiger partial charge in [0.2, 0.25) is 5.91 Å². The molecule has 0 unspecified atom stereocenters. The van der Waals surface area contributed by atoms with Crippen molar-refractivity contribution in [2.24, 2.45) is 0 Å². The van der Waals surface area contributed by atoms with Crippen LogP contribution in [0.25, 0.3) is 0 Å². The first-order valence-electron chi connectivity index (χ1n) is 8.12. The van der Waals surface area contributed by atoms with Crippen molar-refractivity contribution in [3.63, 3.8) is 0 Å². The number of amides is 1. The Bertz CT molecular complexity index is 505. The lowest BCUT2D eigenvalue weighted by Gasteiger charge is -2.33. The Morgan fingerprint density at radius 2 is 2.13 bits per heavy atom. The van der Waals surface area contributed by atoms with E-state index in [1.54, 1.807) is 0 Å². The molecule has 0 bridgehead atoms. The maximum absolute atomic E-state index is 13.7. The molecule has 1 amide bonds. The predicted molar refractivity (Wildman–Crippen MR) is 83.9 cm³/mol. The number of hydrogen-bond acceptors (Lipinski definition) is 3. The third kappa shape index (κ3) is 5.55. The van der Waals surface area contributed by atoms with Gasteiger partial charge < -0.3 is 10.1 Å². The molecule has 0 aliphatic carbocycles. The van der Waals surface area contributed by atoms with Crippen molar-refractivity contribution in [2.75, 3.05) is 26.3 Å². The number of halogens is 2. The van der Waals surface area contributed by atoms with Gasteiger partial charge in [0.15, 0.2) is 0 Å². The highest BCUT2D eigenvalue weighted by atomic mass is 19.1. The quantitative estimate of drug-likeness (QED) is 0.783. The summed E-state index contributed by atoms with van der Waals surface area (Å²) < 4.78 is 32.6. The van der Waals surface area contributed by atoms with Crippen molar-refractivity contribution in [1.82, 2.24) is 10.2 Å². The van der Waals surface area contributed by atoms with Crippen molar-refractivity contribution < 1.29 is 18.3 Å². The summed E-state index contributed by atoms with van der Waals surface area (Å²) in [4.78, 5) is 13.8. The third-order valence-corrected chi connectivity index (χ3v) is 3.99. The molecule has 0 radical (unpaired) electrons. The number of ether oxygens (including phenoxy) is 1. The van der Waals surface area contributed by atoms with E-state index in [9.17, 15) is 13.6 Å². The molecule has 1 N–H and O–H groups in total. The van der Waals surface area contributed by atoms with E-state index < -0.39 is 11.6 Å². The molecule has 1 atom stereocenters. The topological polar surface area (TPSA) is 41.6 Å². The fourth-order valence-corrected chi connectivity index (χ4v) is 2.83. The fraction of sp³-hybridized carbons (Fsp3) is 0.588. The largest absolute Gasteiger partial charge is 0.381 e. The Morgan fingerprint density at radius 3 is 2.83 bits per heavy atom. The molecule has 2 rings (SSSR count). The minimum absolute atomic E-state index is 0.0210. The van der Waals surface area contributed by atoms with E-state index >= 15 is 0 Å². The van der Waals surface area contributed by atoms with Crippen LogP contribution < -0.4 is 5.32 Å². The molecule has 128 valence electrons. The summed E-state index contributed by atoms with van der Waals surface area (Å²) in [7, 11) is 0. The van der Waals surface area contributed by atoms with Gasteiger partial charge in [-0.05, 0) is 38.4 Å². The van der Waals surface area contributed by atoms with E-state index in [0.717, 1.165) is 19.4 Å². The van der Waals surface area contributed by atoms with Crippen LogP contribution in [0.2, 0.25) is 0 Å². The Hall–Kier alpha value is -1.53. The molecule has 1 aromatic carbocycles. The number of piperidine rings is 1. The molecule has 4 nitrogen and oxygen atoms in total. The van der Waals surface area contributed by atoms with Crippen LogP contribution in [-0.4, -0.2) is 43.2 Å². The van der Waals surface area contributed by atoms with Crippen LogP contribution in [0.3, 0.4) is 0 Å². The molecule has 1 aliphatic heterocycles. The Labute approximate surface area is 135 Å². The van der Waals surface area contributed by atoms with Crippen molar-refractivity contribution in [1.29, 1.82) is 0 Å². The van der Waals surface area contributed by atoms with Gasteiger partial charge in [0.25, 0.3) is 0 Å². The molecule has 6 heteroatoms. The number of carbonyl (C=O) groups is 1. The zero-order valence-electron chi connectivity index (χ0n) is 13.5.